The molecule has 7 heteroatoms. The molecule has 1 aliphatic heterocycles. The van der Waals surface area contributed by atoms with Gasteiger partial charge in [-0.3, -0.25) is 0 Å². The number of hydrogen-bond donors (Lipinski definition) is 1. The molecule has 2 aromatic carbocycles. The number of fused-ring (bicyclic) bond motifs is 1. The summed E-state index contributed by atoms with van der Waals surface area (Å²) in [5, 5.41) is 0.476. The van der Waals surface area contributed by atoms with Gasteiger partial charge in [0, 0.05) is 6.54 Å². The molecule has 0 bridgehead atoms. The molecule has 25 heavy (non-hydrogen) atoms. The standard InChI is InChI=1S/C18H20ClNO4S/c1-12-3-4-15(9-13(12)2)25(21,22)20-6-5-14-10-16(19)18-17(11-14)23-7-8-24-18/h3-4,9-11,20H,5-8H2,1-2H3. The number of hydrogen-bond acceptors (Lipinski definition) is 4. The molecule has 2 aromatic rings. The van der Waals surface area contributed by atoms with Crippen LogP contribution in [0.2, 0.25) is 5.02 Å². The number of nitrogens with one attached hydrogen (secondary N) is 1. The first-order valence-electron chi connectivity index (χ1n) is 8.02. The number of ether oxygens (including phenoxy) is 2. The maximum Gasteiger partial charge on any atom is 0.240 e. The van der Waals surface area contributed by atoms with Gasteiger partial charge in [0.15, 0.2) is 11.5 Å². The largest absolute Gasteiger partial charge is 0.486 e. The van der Waals surface area contributed by atoms with Crippen LogP contribution in [-0.4, -0.2) is 28.2 Å². The van der Waals surface area contributed by atoms with Crippen LogP contribution in [0.4, 0.5) is 0 Å². The molecule has 1 aliphatic rings. The van der Waals surface area contributed by atoms with E-state index in [-0.39, 0.29) is 11.4 Å². The predicted octanol–water partition coefficient (Wildman–Crippen LogP) is 3.25. The first kappa shape index (κ1) is 18.0. The molecule has 0 aliphatic carbocycles. The van der Waals surface area contributed by atoms with Gasteiger partial charge in [0.05, 0.1) is 9.92 Å². The summed E-state index contributed by atoms with van der Waals surface area (Å²) in [6.07, 6.45) is 0.500. The minimum atomic E-state index is -3.54. The SMILES string of the molecule is Cc1ccc(S(=O)(=O)NCCc2cc(Cl)c3c(c2)OCCO3)cc1C. The monoisotopic (exact) mass is 381 g/mol. The van der Waals surface area contributed by atoms with Gasteiger partial charge in [0.2, 0.25) is 10.0 Å². The Hall–Kier alpha value is -1.76. The topological polar surface area (TPSA) is 64.6 Å². The van der Waals surface area contributed by atoms with Gasteiger partial charge in [-0.05, 0) is 61.2 Å². The van der Waals surface area contributed by atoms with Crippen LogP contribution in [0.25, 0.3) is 0 Å². The molecule has 0 spiro atoms. The number of sulfonamides is 1. The summed E-state index contributed by atoms with van der Waals surface area (Å²) in [6, 6.07) is 8.72. The van der Waals surface area contributed by atoms with Crippen molar-refractivity contribution in [3.8, 4) is 11.5 Å². The fraction of sp³-hybridized carbons (Fsp3) is 0.333. The number of benzene rings is 2. The van der Waals surface area contributed by atoms with Crippen LogP contribution in [0.1, 0.15) is 16.7 Å². The summed E-state index contributed by atoms with van der Waals surface area (Å²) in [7, 11) is -3.54. The van der Waals surface area contributed by atoms with Gasteiger partial charge in [-0.15, -0.1) is 0 Å². The van der Waals surface area contributed by atoms with E-state index in [9.17, 15) is 8.42 Å². The van der Waals surface area contributed by atoms with E-state index in [0.717, 1.165) is 16.7 Å². The highest BCUT2D eigenvalue weighted by atomic mass is 35.5. The fourth-order valence-electron chi connectivity index (χ4n) is 2.60. The normalized spacial score (nSPS) is 13.7. The third-order valence-corrected chi connectivity index (χ3v) is 5.89. The van der Waals surface area contributed by atoms with E-state index in [1.54, 1.807) is 18.2 Å². The first-order chi connectivity index (χ1) is 11.9. The van der Waals surface area contributed by atoms with Gasteiger partial charge in [-0.1, -0.05) is 17.7 Å². The lowest BCUT2D eigenvalue weighted by molar-refractivity contribution is 0.171. The molecule has 0 saturated heterocycles. The first-order valence-corrected chi connectivity index (χ1v) is 9.88. The van der Waals surface area contributed by atoms with Crippen molar-refractivity contribution < 1.29 is 17.9 Å². The highest BCUT2D eigenvalue weighted by Gasteiger charge is 2.18. The Morgan fingerprint density at radius 1 is 1.08 bits per heavy atom. The van der Waals surface area contributed by atoms with E-state index < -0.39 is 10.0 Å². The lowest BCUT2D eigenvalue weighted by Gasteiger charge is -2.20. The van der Waals surface area contributed by atoms with E-state index in [1.165, 1.54) is 0 Å². The van der Waals surface area contributed by atoms with Crippen LogP contribution in [0.5, 0.6) is 11.5 Å². The summed E-state index contributed by atoms with van der Waals surface area (Å²) < 4.78 is 38.5. The summed E-state index contributed by atoms with van der Waals surface area (Å²) in [4.78, 5) is 0.274. The Labute approximate surface area is 153 Å². The fourth-order valence-corrected chi connectivity index (χ4v) is 4.01. The summed E-state index contributed by atoms with van der Waals surface area (Å²) in [5.41, 5.74) is 2.89. The van der Waals surface area contributed by atoms with Gasteiger partial charge in [-0.2, -0.15) is 0 Å². The maximum absolute atomic E-state index is 12.4. The van der Waals surface area contributed by atoms with Gasteiger partial charge in [-0.25, -0.2) is 13.1 Å². The second-order valence-electron chi connectivity index (χ2n) is 6.00. The molecule has 134 valence electrons. The van der Waals surface area contributed by atoms with Crippen molar-refractivity contribution in [2.75, 3.05) is 19.8 Å². The van der Waals surface area contributed by atoms with Crippen molar-refractivity contribution in [3.63, 3.8) is 0 Å². The molecule has 0 aromatic heterocycles. The van der Waals surface area contributed by atoms with E-state index in [0.29, 0.717) is 36.2 Å². The lowest BCUT2D eigenvalue weighted by Crippen LogP contribution is -2.26. The molecule has 0 fully saturated rings. The summed E-state index contributed by atoms with van der Waals surface area (Å²) in [5.74, 6) is 1.15. The zero-order valence-electron chi connectivity index (χ0n) is 14.1. The van der Waals surface area contributed by atoms with Crippen molar-refractivity contribution in [1.82, 2.24) is 4.72 Å². The minimum Gasteiger partial charge on any atom is -0.486 e. The highest BCUT2D eigenvalue weighted by molar-refractivity contribution is 7.89. The summed E-state index contributed by atoms with van der Waals surface area (Å²) >= 11 is 6.20. The molecule has 0 saturated carbocycles. The Balaban J connectivity index is 1.68. The Bertz CT molecular complexity index is 896. The van der Waals surface area contributed by atoms with Crippen molar-refractivity contribution in [2.24, 2.45) is 0 Å². The van der Waals surface area contributed by atoms with Gasteiger partial charge in [0.1, 0.15) is 13.2 Å². The van der Waals surface area contributed by atoms with Crippen molar-refractivity contribution >= 4 is 21.6 Å². The van der Waals surface area contributed by atoms with Crippen molar-refractivity contribution in [3.05, 3.63) is 52.0 Å². The van der Waals surface area contributed by atoms with Gasteiger partial charge >= 0.3 is 0 Å². The van der Waals surface area contributed by atoms with Crippen LogP contribution in [0.3, 0.4) is 0 Å². The van der Waals surface area contributed by atoms with E-state index in [2.05, 4.69) is 4.72 Å². The van der Waals surface area contributed by atoms with Crippen molar-refractivity contribution in [1.29, 1.82) is 0 Å². The zero-order valence-corrected chi connectivity index (χ0v) is 15.7. The number of aryl methyl sites for hydroxylation is 2. The molecule has 5 nitrogen and oxygen atoms in total. The third-order valence-electron chi connectivity index (χ3n) is 4.15. The minimum absolute atomic E-state index is 0.269. The van der Waals surface area contributed by atoms with E-state index in [1.807, 2.05) is 26.0 Å². The summed E-state index contributed by atoms with van der Waals surface area (Å²) in [6.45, 7) is 5.07. The van der Waals surface area contributed by atoms with Crippen LogP contribution >= 0.6 is 11.6 Å². The zero-order chi connectivity index (χ0) is 18.0. The smallest absolute Gasteiger partial charge is 0.240 e. The molecular weight excluding hydrogens is 362 g/mol. The van der Waals surface area contributed by atoms with Crippen LogP contribution in [0.15, 0.2) is 35.2 Å². The Morgan fingerprint density at radius 3 is 2.60 bits per heavy atom. The second kappa shape index (κ2) is 7.23. The number of halogens is 1. The van der Waals surface area contributed by atoms with Crippen molar-refractivity contribution in [2.45, 2.75) is 25.2 Å². The quantitative estimate of drug-likeness (QED) is 0.863. The Kier molecular flexibility index (Phi) is 5.22. The average Bonchev–Trinajstić information content (AvgIpc) is 2.57. The van der Waals surface area contributed by atoms with E-state index >= 15 is 0 Å². The predicted molar refractivity (Wildman–Crippen MR) is 97.3 cm³/mol. The molecular formula is C18H20ClNO4S. The average molecular weight is 382 g/mol. The van der Waals surface area contributed by atoms with Crippen LogP contribution in [-0.2, 0) is 16.4 Å². The highest BCUT2D eigenvalue weighted by Crippen LogP contribution is 2.38. The molecule has 1 N–H and O–H groups in total. The van der Waals surface area contributed by atoms with Gasteiger partial charge < -0.3 is 9.47 Å². The maximum atomic E-state index is 12.4. The molecule has 0 radical (unpaired) electrons. The molecule has 1 heterocycles. The van der Waals surface area contributed by atoms with Gasteiger partial charge in [0.25, 0.3) is 0 Å². The third kappa shape index (κ3) is 4.08. The number of rotatable bonds is 5. The molecule has 3 rings (SSSR count). The second-order valence-corrected chi connectivity index (χ2v) is 8.17. The van der Waals surface area contributed by atoms with E-state index in [4.69, 9.17) is 21.1 Å². The van der Waals surface area contributed by atoms with Crippen LogP contribution in [0, 0.1) is 13.8 Å². The Morgan fingerprint density at radius 2 is 1.84 bits per heavy atom. The molecule has 0 amide bonds. The molecule has 0 atom stereocenters. The lowest BCUT2D eigenvalue weighted by atomic mass is 10.1. The molecule has 0 unspecified atom stereocenters. The van der Waals surface area contributed by atoms with Crippen LogP contribution < -0.4 is 14.2 Å².